The predicted octanol–water partition coefficient (Wildman–Crippen LogP) is 4.75. The number of para-hydroxylation sites is 2. The van der Waals surface area contributed by atoms with Crippen LogP contribution in [0.5, 0.6) is 0 Å². The van der Waals surface area contributed by atoms with Gasteiger partial charge in [0.25, 0.3) is 0 Å². The zero-order valence-corrected chi connectivity index (χ0v) is 12.1. The molecular formula is C19H17N3. The van der Waals surface area contributed by atoms with Gasteiger partial charge in [-0.2, -0.15) is 5.10 Å². The molecule has 108 valence electrons. The highest BCUT2D eigenvalue weighted by Crippen LogP contribution is 2.18. The number of nitrogens with one attached hydrogen (secondary N) is 2. The predicted molar refractivity (Wildman–Crippen MR) is 95.8 cm³/mol. The molecule has 2 aromatic carbocycles. The molecule has 0 atom stereocenters. The van der Waals surface area contributed by atoms with Crippen LogP contribution in [-0.2, 0) is 0 Å². The quantitative estimate of drug-likeness (QED) is 0.733. The Morgan fingerprint density at radius 1 is 0.682 bits per heavy atom. The molecule has 2 aromatic rings. The molecule has 0 spiro atoms. The van der Waals surface area contributed by atoms with E-state index in [9.17, 15) is 0 Å². The third kappa shape index (κ3) is 3.52. The second kappa shape index (κ2) is 7.09. The molecule has 0 bridgehead atoms. The standard InChI is InChI=1S/C10H9N.C9H8N2/c1-2-7-10-9(5-1)6-3-4-8-11-10;1-2-6-9-8(4-1)5-3-7-10-11-9/h1-8,11H;1-7,11H. The monoisotopic (exact) mass is 287 g/mol. The lowest BCUT2D eigenvalue weighted by Gasteiger charge is -2.01. The van der Waals surface area contributed by atoms with Crippen molar-refractivity contribution < 1.29 is 0 Å². The molecule has 3 heteroatoms. The number of benzene rings is 2. The molecule has 0 aliphatic carbocycles. The Morgan fingerprint density at radius 3 is 2.23 bits per heavy atom. The fraction of sp³-hybridized carbons (Fsp3) is 0. The van der Waals surface area contributed by atoms with Crippen LogP contribution in [0.3, 0.4) is 0 Å². The van der Waals surface area contributed by atoms with Crippen molar-refractivity contribution in [1.29, 1.82) is 0 Å². The molecule has 4 rings (SSSR count). The summed E-state index contributed by atoms with van der Waals surface area (Å²) < 4.78 is 0. The van der Waals surface area contributed by atoms with Crippen LogP contribution < -0.4 is 10.7 Å². The van der Waals surface area contributed by atoms with Crippen molar-refractivity contribution in [3.05, 3.63) is 84.1 Å². The van der Waals surface area contributed by atoms with Crippen molar-refractivity contribution in [2.75, 3.05) is 10.7 Å². The van der Waals surface area contributed by atoms with E-state index < -0.39 is 0 Å². The second-order valence-electron chi connectivity index (χ2n) is 4.79. The van der Waals surface area contributed by atoms with Crippen LogP contribution in [0, 0.1) is 0 Å². The number of hydrogen-bond acceptors (Lipinski definition) is 3. The van der Waals surface area contributed by atoms with Crippen LogP contribution in [0.15, 0.2) is 78.1 Å². The van der Waals surface area contributed by atoms with Crippen molar-refractivity contribution in [1.82, 2.24) is 0 Å². The maximum absolute atomic E-state index is 3.95. The zero-order chi connectivity index (χ0) is 15.0. The van der Waals surface area contributed by atoms with Gasteiger partial charge in [-0.15, -0.1) is 0 Å². The fourth-order valence-corrected chi connectivity index (χ4v) is 2.17. The lowest BCUT2D eigenvalue weighted by molar-refractivity contribution is 1.36. The Kier molecular flexibility index (Phi) is 4.47. The van der Waals surface area contributed by atoms with E-state index >= 15 is 0 Å². The molecule has 2 aliphatic rings. The molecule has 2 aliphatic heterocycles. The van der Waals surface area contributed by atoms with E-state index in [4.69, 9.17) is 0 Å². The Bertz CT molecular complexity index is 689. The van der Waals surface area contributed by atoms with Crippen molar-refractivity contribution >= 4 is 29.7 Å². The molecule has 2 N–H and O–H groups in total. The van der Waals surface area contributed by atoms with Gasteiger partial charge < -0.3 is 5.32 Å². The topological polar surface area (TPSA) is 36.4 Å². The molecule has 0 aromatic heterocycles. The minimum atomic E-state index is 1.05. The first-order valence-corrected chi connectivity index (χ1v) is 7.17. The van der Waals surface area contributed by atoms with E-state index in [2.05, 4.69) is 34.1 Å². The minimum Gasteiger partial charge on any atom is -0.361 e. The average Bonchev–Trinajstić information content (AvgIpc) is 2.95. The summed E-state index contributed by atoms with van der Waals surface area (Å²) in [7, 11) is 0. The first kappa shape index (κ1) is 13.9. The first-order valence-electron chi connectivity index (χ1n) is 7.17. The highest BCUT2D eigenvalue weighted by atomic mass is 15.3. The molecule has 0 fully saturated rings. The van der Waals surface area contributed by atoms with Gasteiger partial charge in [0.15, 0.2) is 0 Å². The SMILES string of the molecule is C1=CNc2ccccc2C=C1.C1=Cc2ccccc2NN=C1. The van der Waals surface area contributed by atoms with Crippen LogP contribution in [0.2, 0.25) is 0 Å². The number of anilines is 2. The summed E-state index contributed by atoms with van der Waals surface area (Å²) in [5, 5.41) is 7.13. The Morgan fingerprint density at radius 2 is 1.36 bits per heavy atom. The number of fused-ring (bicyclic) bond motifs is 2. The molecule has 0 amide bonds. The summed E-state index contributed by atoms with van der Waals surface area (Å²) in [6, 6.07) is 16.3. The van der Waals surface area contributed by atoms with E-state index in [1.165, 1.54) is 11.1 Å². The van der Waals surface area contributed by atoms with E-state index in [0.717, 1.165) is 11.4 Å². The average molecular weight is 287 g/mol. The van der Waals surface area contributed by atoms with Gasteiger partial charge in [0, 0.05) is 18.1 Å². The van der Waals surface area contributed by atoms with Crippen LogP contribution in [0.25, 0.3) is 12.2 Å². The summed E-state index contributed by atoms with van der Waals surface area (Å²) in [5.74, 6) is 0. The van der Waals surface area contributed by atoms with Gasteiger partial charge in [-0.3, -0.25) is 5.43 Å². The van der Waals surface area contributed by atoms with E-state index in [-0.39, 0.29) is 0 Å². The lowest BCUT2D eigenvalue weighted by Crippen LogP contribution is -1.87. The van der Waals surface area contributed by atoms with Gasteiger partial charge >= 0.3 is 0 Å². The summed E-state index contributed by atoms with van der Waals surface area (Å²) in [6.45, 7) is 0. The molecule has 0 radical (unpaired) electrons. The van der Waals surface area contributed by atoms with Crippen molar-refractivity contribution in [2.24, 2.45) is 5.10 Å². The molecule has 2 heterocycles. The van der Waals surface area contributed by atoms with Gasteiger partial charge in [-0.1, -0.05) is 54.6 Å². The number of allylic oxidation sites excluding steroid dienone is 3. The van der Waals surface area contributed by atoms with Crippen LogP contribution >= 0.6 is 0 Å². The van der Waals surface area contributed by atoms with Gasteiger partial charge in [0.05, 0.1) is 5.69 Å². The summed E-state index contributed by atoms with van der Waals surface area (Å²) >= 11 is 0. The highest BCUT2D eigenvalue weighted by Gasteiger charge is 1.97. The lowest BCUT2D eigenvalue weighted by atomic mass is 10.2. The Balaban J connectivity index is 0.000000131. The van der Waals surface area contributed by atoms with Gasteiger partial charge in [-0.25, -0.2) is 0 Å². The smallest absolute Gasteiger partial charge is 0.0634 e. The maximum atomic E-state index is 3.95. The third-order valence-corrected chi connectivity index (χ3v) is 3.26. The molecule has 3 nitrogen and oxygen atoms in total. The molecule has 0 unspecified atom stereocenters. The van der Waals surface area contributed by atoms with Crippen molar-refractivity contribution in [2.45, 2.75) is 0 Å². The van der Waals surface area contributed by atoms with Gasteiger partial charge in [0.2, 0.25) is 0 Å². The summed E-state index contributed by atoms with van der Waals surface area (Å²) in [6.07, 6.45) is 13.7. The van der Waals surface area contributed by atoms with E-state index in [1.807, 2.05) is 66.9 Å². The number of nitrogens with zero attached hydrogens (tertiary/aromatic N) is 1. The van der Waals surface area contributed by atoms with Crippen LogP contribution in [0.4, 0.5) is 11.4 Å². The highest BCUT2D eigenvalue weighted by molar-refractivity contribution is 5.83. The van der Waals surface area contributed by atoms with E-state index in [1.54, 1.807) is 6.21 Å². The first-order chi connectivity index (χ1) is 10.9. The largest absolute Gasteiger partial charge is 0.361 e. The Labute approximate surface area is 130 Å². The van der Waals surface area contributed by atoms with Crippen LogP contribution in [-0.4, -0.2) is 6.21 Å². The number of hydrogen-bond donors (Lipinski definition) is 2. The minimum absolute atomic E-state index is 1.05. The number of rotatable bonds is 0. The van der Waals surface area contributed by atoms with Crippen molar-refractivity contribution in [3.63, 3.8) is 0 Å². The zero-order valence-electron chi connectivity index (χ0n) is 12.1. The normalized spacial score (nSPS) is 13.5. The van der Waals surface area contributed by atoms with Gasteiger partial charge in [0.1, 0.15) is 0 Å². The summed E-state index contributed by atoms with van der Waals surface area (Å²) in [5.41, 5.74) is 7.55. The maximum Gasteiger partial charge on any atom is 0.0634 e. The Hall–Kier alpha value is -3.07. The van der Waals surface area contributed by atoms with E-state index in [0.29, 0.717) is 0 Å². The number of hydrazone groups is 1. The molecule has 0 saturated carbocycles. The second-order valence-corrected chi connectivity index (χ2v) is 4.79. The van der Waals surface area contributed by atoms with Gasteiger partial charge in [-0.05, 0) is 35.4 Å². The summed E-state index contributed by atoms with van der Waals surface area (Å²) in [4.78, 5) is 0. The van der Waals surface area contributed by atoms with Crippen molar-refractivity contribution in [3.8, 4) is 0 Å². The fourth-order valence-electron chi connectivity index (χ4n) is 2.17. The molecule has 22 heavy (non-hydrogen) atoms. The third-order valence-electron chi connectivity index (χ3n) is 3.26. The van der Waals surface area contributed by atoms with Crippen LogP contribution in [0.1, 0.15) is 11.1 Å². The molecule has 0 saturated heterocycles. The molecular weight excluding hydrogens is 270 g/mol.